The fourth-order valence-electron chi connectivity index (χ4n) is 1.71. The summed E-state index contributed by atoms with van der Waals surface area (Å²) in [4.78, 5) is 11.9. The Labute approximate surface area is 126 Å². The van der Waals surface area contributed by atoms with Crippen LogP contribution in [0.4, 0.5) is 5.69 Å². The number of amides is 1. The molecule has 1 aliphatic rings. The maximum atomic E-state index is 11.9. The summed E-state index contributed by atoms with van der Waals surface area (Å²) < 4.78 is 6.56. The van der Waals surface area contributed by atoms with E-state index >= 15 is 0 Å². The topological polar surface area (TPSA) is 50.4 Å². The predicted molar refractivity (Wildman–Crippen MR) is 82.4 cm³/mol. The van der Waals surface area contributed by atoms with Crippen molar-refractivity contribution in [2.75, 3.05) is 25.0 Å². The molecule has 1 aromatic carbocycles. The van der Waals surface area contributed by atoms with Crippen molar-refractivity contribution in [3.8, 4) is 0 Å². The standard InChI is InChI=1S/C12H15IN2O2.ClH/c1-8-6-9(13)2-3-10(8)15-12(16)11-7-14-4-5-17-11;/h2-3,6,11,14H,4-5,7H2,1H3,(H,15,16);1H. The Kier molecular flexibility index (Phi) is 6.34. The second-order valence-corrected chi connectivity index (χ2v) is 5.26. The summed E-state index contributed by atoms with van der Waals surface area (Å²) in [6.07, 6.45) is -0.387. The lowest BCUT2D eigenvalue weighted by Crippen LogP contribution is -2.45. The third kappa shape index (κ3) is 4.08. The van der Waals surface area contributed by atoms with E-state index < -0.39 is 0 Å². The number of benzene rings is 1. The molecule has 1 amide bonds. The van der Waals surface area contributed by atoms with Gasteiger partial charge in [-0.2, -0.15) is 0 Å². The third-order valence-corrected chi connectivity index (χ3v) is 3.34. The van der Waals surface area contributed by atoms with Crippen LogP contribution in [0, 0.1) is 10.5 Å². The lowest BCUT2D eigenvalue weighted by molar-refractivity contribution is -0.128. The monoisotopic (exact) mass is 382 g/mol. The summed E-state index contributed by atoms with van der Waals surface area (Å²) >= 11 is 2.25. The molecule has 0 aliphatic carbocycles. The molecule has 1 atom stereocenters. The molecular weight excluding hydrogens is 367 g/mol. The van der Waals surface area contributed by atoms with Crippen molar-refractivity contribution >= 4 is 46.6 Å². The third-order valence-electron chi connectivity index (χ3n) is 2.67. The lowest BCUT2D eigenvalue weighted by Gasteiger charge is -2.23. The Bertz CT molecular complexity index is 423. The molecule has 0 spiro atoms. The zero-order valence-corrected chi connectivity index (χ0v) is 13.0. The van der Waals surface area contributed by atoms with Gasteiger partial charge in [0.15, 0.2) is 0 Å². The van der Waals surface area contributed by atoms with Gasteiger partial charge in [0.2, 0.25) is 0 Å². The zero-order valence-electron chi connectivity index (χ0n) is 10.0. The fourth-order valence-corrected chi connectivity index (χ4v) is 2.36. The molecule has 0 radical (unpaired) electrons. The van der Waals surface area contributed by atoms with Crippen LogP contribution in [0.1, 0.15) is 5.56 Å². The van der Waals surface area contributed by atoms with Gasteiger partial charge in [0.25, 0.3) is 5.91 Å². The number of hydrogen-bond acceptors (Lipinski definition) is 3. The minimum Gasteiger partial charge on any atom is -0.366 e. The highest BCUT2D eigenvalue weighted by molar-refractivity contribution is 14.1. The molecule has 0 bridgehead atoms. The van der Waals surface area contributed by atoms with Crippen molar-refractivity contribution in [2.45, 2.75) is 13.0 Å². The Morgan fingerprint density at radius 3 is 2.94 bits per heavy atom. The van der Waals surface area contributed by atoms with Gasteiger partial charge in [-0.1, -0.05) is 0 Å². The summed E-state index contributed by atoms with van der Waals surface area (Å²) in [7, 11) is 0. The van der Waals surface area contributed by atoms with Crippen LogP contribution < -0.4 is 10.6 Å². The summed E-state index contributed by atoms with van der Waals surface area (Å²) in [5.41, 5.74) is 1.92. The average Bonchev–Trinajstić information content (AvgIpc) is 2.34. The molecule has 0 saturated carbocycles. The first-order chi connectivity index (χ1) is 8.16. The van der Waals surface area contributed by atoms with E-state index in [-0.39, 0.29) is 24.4 Å². The van der Waals surface area contributed by atoms with Gasteiger partial charge in [0.05, 0.1) is 6.61 Å². The number of ether oxygens (including phenoxy) is 1. The maximum Gasteiger partial charge on any atom is 0.254 e. The highest BCUT2D eigenvalue weighted by Crippen LogP contribution is 2.18. The SMILES string of the molecule is Cc1cc(I)ccc1NC(=O)C1CNCCO1.Cl. The van der Waals surface area contributed by atoms with Gasteiger partial charge in [-0.15, -0.1) is 12.4 Å². The van der Waals surface area contributed by atoms with Crippen molar-refractivity contribution in [1.29, 1.82) is 0 Å². The van der Waals surface area contributed by atoms with E-state index in [1.54, 1.807) is 0 Å². The van der Waals surface area contributed by atoms with Gasteiger partial charge < -0.3 is 15.4 Å². The number of rotatable bonds is 2. The van der Waals surface area contributed by atoms with Gasteiger partial charge in [0.1, 0.15) is 6.10 Å². The van der Waals surface area contributed by atoms with Gasteiger partial charge in [-0.05, 0) is 53.3 Å². The Morgan fingerprint density at radius 1 is 1.56 bits per heavy atom. The van der Waals surface area contributed by atoms with Crippen LogP contribution in [-0.4, -0.2) is 31.7 Å². The summed E-state index contributed by atoms with van der Waals surface area (Å²) in [6.45, 7) is 3.96. The first-order valence-electron chi connectivity index (χ1n) is 5.56. The van der Waals surface area contributed by atoms with E-state index in [2.05, 4.69) is 33.2 Å². The van der Waals surface area contributed by atoms with Crippen molar-refractivity contribution in [3.05, 3.63) is 27.3 Å². The highest BCUT2D eigenvalue weighted by atomic mass is 127. The summed E-state index contributed by atoms with van der Waals surface area (Å²) in [5.74, 6) is -0.0819. The van der Waals surface area contributed by atoms with Crippen LogP contribution in [0.25, 0.3) is 0 Å². The molecule has 6 heteroatoms. The number of carbonyl (C=O) groups is 1. The molecule has 1 heterocycles. The second-order valence-electron chi connectivity index (χ2n) is 4.01. The number of halogens is 2. The second kappa shape index (κ2) is 7.28. The molecule has 18 heavy (non-hydrogen) atoms. The molecule has 0 aromatic heterocycles. The van der Waals surface area contributed by atoms with E-state index in [0.29, 0.717) is 13.2 Å². The van der Waals surface area contributed by atoms with E-state index in [4.69, 9.17) is 4.74 Å². The van der Waals surface area contributed by atoms with Crippen LogP contribution >= 0.6 is 35.0 Å². The number of carbonyl (C=O) groups excluding carboxylic acids is 1. The quantitative estimate of drug-likeness (QED) is 0.769. The van der Waals surface area contributed by atoms with E-state index in [9.17, 15) is 4.79 Å². The predicted octanol–water partition coefficient (Wildman–Crippen LogP) is 1.95. The van der Waals surface area contributed by atoms with E-state index in [1.807, 2.05) is 25.1 Å². The van der Waals surface area contributed by atoms with Gasteiger partial charge in [-0.25, -0.2) is 0 Å². The van der Waals surface area contributed by atoms with E-state index in [1.165, 1.54) is 0 Å². The minimum atomic E-state index is -0.387. The first kappa shape index (κ1) is 15.7. The summed E-state index contributed by atoms with van der Waals surface area (Å²) in [6, 6.07) is 5.94. The Hall–Kier alpha value is -0.370. The number of anilines is 1. The fraction of sp³-hybridized carbons (Fsp3) is 0.417. The largest absolute Gasteiger partial charge is 0.366 e. The number of nitrogens with one attached hydrogen (secondary N) is 2. The maximum absolute atomic E-state index is 11.9. The summed E-state index contributed by atoms with van der Waals surface area (Å²) in [5, 5.41) is 6.04. The smallest absolute Gasteiger partial charge is 0.254 e. The van der Waals surface area contributed by atoms with Gasteiger partial charge in [-0.3, -0.25) is 4.79 Å². The first-order valence-corrected chi connectivity index (χ1v) is 6.64. The molecular formula is C12H16ClIN2O2. The lowest BCUT2D eigenvalue weighted by atomic mass is 10.2. The van der Waals surface area contributed by atoms with Crippen molar-refractivity contribution in [2.24, 2.45) is 0 Å². The number of hydrogen-bond donors (Lipinski definition) is 2. The van der Waals surface area contributed by atoms with Crippen LogP contribution in [-0.2, 0) is 9.53 Å². The molecule has 1 aromatic rings. The van der Waals surface area contributed by atoms with Crippen LogP contribution in [0.15, 0.2) is 18.2 Å². The molecule has 1 saturated heterocycles. The average molecular weight is 383 g/mol. The molecule has 4 nitrogen and oxygen atoms in total. The highest BCUT2D eigenvalue weighted by Gasteiger charge is 2.21. The molecule has 1 fully saturated rings. The van der Waals surface area contributed by atoms with Gasteiger partial charge >= 0.3 is 0 Å². The van der Waals surface area contributed by atoms with Crippen LogP contribution in [0.3, 0.4) is 0 Å². The molecule has 2 N–H and O–H groups in total. The van der Waals surface area contributed by atoms with E-state index in [0.717, 1.165) is 21.4 Å². The zero-order chi connectivity index (χ0) is 12.3. The molecule has 2 rings (SSSR count). The molecule has 1 unspecified atom stereocenters. The van der Waals surface area contributed by atoms with Gasteiger partial charge in [0, 0.05) is 22.3 Å². The van der Waals surface area contributed by atoms with Crippen LogP contribution in [0.2, 0.25) is 0 Å². The number of morpholine rings is 1. The molecule has 100 valence electrons. The van der Waals surface area contributed by atoms with Crippen molar-refractivity contribution in [3.63, 3.8) is 0 Å². The van der Waals surface area contributed by atoms with Crippen LogP contribution in [0.5, 0.6) is 0 Å². The molecule has 1 aliphatic heterocycles. The number of aryl methyl sites for hydroxylation is 1. The van der Waals surface area contributed by atoms with Crippen molar-refractivity contribution in [1.82, 2.24) is 5.32 Å². The van der Waals surface area contributed by atoms with Crippen molar-refractivity contribution < 1.29 is 9.53 Å². The Morgan fingerprint density at radius 2 is 2.33 bits per heavy atom. The Balaban J connectivity index is 0.00000162. The minimum absolute atomic E-state index is 0. The normalized spacial score (nSPS) is 18.9.